The molecule has 0 aromatic heterocycles. The summed E-state index contributed by atoms with van der Waals surface area (Å²) in [7, 11) is 0. The molecule has 4 aliphatic rings. The van der Waals surface area contributed by atoms with E-state index >= 15 is 0 Å². The van der Waals surface area contributed by atoms with Crippen molar-refractivity contribution in [3.05, 3.63) is 21.3 Å². The van der Waals surface area contributed by atoms with E-state index < -0.39 is 0 Å². The molecule has 0 spiro atoms. The van der Waals surface area contributed by atoms with Gasteiger partial charge in [-0.05, 0) is 19.3 Å². The molecular weight excluding hydrogens is 308 g/mol. The van der Waals surface area contributed by atoms with Crippen LogP contribution in [0.1, 0.15) is 19.3 Å². The Morgan fingerprint density at radius 3 is 1.81 bits per heavy atom. The molecule has 0 aliphatic carbocycles. The third kappa shape index (κ3) is 2.96. The average Bonchev–Trinajstić information content (AvgIpc) is 3.13. The predicted octanol–water partition coefficient (Wildman–Crippen LogP) is 2.90. The summed E-state index contributed by atoms with van der Waals surface area (Å²) < 4.78 is 23.0. The minimum atomic E-state index is 0.209. The van der Waals surface area contributed by atoms with Crippen molar-refractivity contribution in [2.24, 2.45) is 0 Å². The number of ether oxygens (including phenoxy) is 4. The molecule has 0 radical (unpaired) electrons. The molecule has 21 heavy (non-hydrogen) atoms. The highest BCUT2D eigenvalue weighted by Crippen LogP contribution is 2.42. The van der Waals surface area contributed by atoms with E-state index in [0.29, 0.717) is 13.2 Å². The van der Waals surface area contributed by atoms with Crippen molar-refractivity contribution >= 4 is 23.5 Å². The summed E-state index contributed by atoms with van der Waals surface area (Å²) >= 11 is 3.81. The number of allylic oxidation sites excluding steroid dienone is 2. The fourth-order valence-electron chi connectivity index (χ4n) is 3.08. The Bertz CT molecular complexity index is 432. The molecule has 4 rings (SSSR count). The van der Waals surface area contributed by atoms with Crippen molar-refractivity contribution in [3.63, 3.8) is 0 Å². The number of hydrogen-bond acceptors (Lipinski definition) is 6. The van der Waals surface area contributed by atoms with Crippen LogP contribution in [0.15, 0.2) is 21.3 Å². The van der Waals surface area contributed by atoms with Gasteiger partial charge in [0.2, 0.25) is 0 Å². The lowest BCUT2D eigenvalue weighted by Crippen LogP contribution is -2.26. The first-order valence-electron chi connectivity index (χ1n) is 7.62. The minimum absolute atomic E-state index is 0.209. The first kappa shape index (κ1) is 14.3. The Labute approximate surface area is 133 Å². The van der Waals surface area contributed by atoms with Crippen LogP contribution < -0.4 is 0 Å². The maximum Gasteiger partial charge on any atom is 0.135 e. The van der Waals surface area contributed by atoms with Crippen LogP contribution in [0.3, 0.4) is 0 Å². The maximum absolute atomic E-state index is 5.79. The number of fused-ring (bicyclic) bond motifs is 2. The highest BCUT2D eigenvalue weighted by atomic mass is 32.2. The van der Waals surface area contributed by atoms with Gasteiger partial charge in [0.25, 0.3) is 0 Å². The molecule has 0 aromatic rings. The zero-order valence-corrected chi connectivity index (χ0v) is 13.6. The van der Waals surface area contributed by atoms with Crippen molar-refractivity contribution in [1.29, 1.82) is 0 Å². The number of thioether (sulfide) groups is 2. The largest absolute Gasteiger partial charge is 0.492 e. The van der Waals surface area contributed by atoms with Crippen LogP contribution in [0.4, 0.5) is 0 Å². The molecule has 2 unspecified atom stereocenters. The zero-order chi connectivity index (χ0) is 14.1. The molecule has 116 valence electrons. The third-order valence-electron chi connectivity index (χ3n) is 4.08. The maximum atomic E-state index is 5.79. The van der Waals surface area contributed by atoms with Crippen LogP contribution >= 0.6 is 23.5 Å². The van der Waals surface area contributed by atoms with E-state index in [1.54, 1.807) is 0 Å². The Kier molecular flexibility index (Phi) is 4.39. The summed E-state index contributed by atoms with van der Waals surface area (Å²) in [5.41, 5.74) is 0. The molecule has 0 aromatic carbocycles. The SMILES string of the molecule is C(CC1=C2OCCOC2CS1)CC1=C2OCCOC2CS1. The summed E-state index contributed by atoms with van der Waals surface area (Å²) in [5, 5.41) is 0. The van der Waals surface area contributed by atoms with Gasteiger partial charge in [0.05, 0.1) is 13.2 Å². The zero-order valence-electron chi connectivity index (χ0n) is 12.0. The lowest BCUT2D eigenvalue weighted by molar-refractivity contribution is -0.0305. The van der Waals surface area contributed by atoms with Gasteiger partial charge in [-0.15, -0.1) is 23.5 Å². The monoisotopic (exact) mass is 328 g/mol. The van der Waals surface area contributed by atoms with Gasteiger partial charge in [0.1, 0.15) is 36.9 Å². The molecule has 2 atom stereocenters. The summed E-state index contributed by atoms with van der Waals surface area (Å²) in [6.45, 7) is 2.86. The highest BCUT2D eigenvalue weighted by molar-refractivity contribution is 8.03. The van der Waals surface area contributed by atoms with Crippen LogP contribution in [-0.2, 0) is 18.9 Å². The number of hydrogen-bond donors (Lipinski definition) is 0. The number of rotatable bonds is 4. The molecule has 2 fully saturated rings. The van der Waals surface area contributed by atoms with Gasteiger partial charge in [-0.1, -0.05) is 0 Å². The molecule has 2 saturated heterocycles. The fraction of sp³-hybridized carbons (Fsp3) is 0.733. The second-order valence-corrected chi connectivity index (χ2v) is 7.70. The van der Waals surface area contributed by atoms with Gasteiger partial charge in [-0.3, -0.25) is 0 Å². The highest BCUT2D eigenvalue weighted by Gasteiger charge is 2.33. The normalized spacial score (nSPS) is 31.8. The second-order valence-electron chi connectivity index (χ2n) is 5.47. The van der Waals surface area contributed by atoms with E-state index in [1.165, 1.54) is 9.81 Å². The predicted molar refractivity (Wildman–Crippen MR) is 84.2 cm³/mol. The summed E-state index contributed by atoms with van der Waals surface area (Å²) in [4.78, 5) is 2.79. The van der Waals surface area contributed by atoms with Crippen LogP contribution in [0.5, 0.6) is 0 Å². The molecule has 0 amide bonds. The Morgan fingerprint density at radius 2 is 1.29 bits per heavy atom. The lowest BCUT2D eigenvalue weighted by Gasteiger charge is -2.22. The smallest absolute Gasteiger partial charge is 0.135 e. The van der Waals surface area contributed by atoms with E-state index in [1.807, 2.05) is 23.5 Å². The van der Waals surface area contributed by atoms with Gasteiger partial charge >= 0.3 is 0 Å². The molecule has 6 heteroatoms. The summed E-state index contributed by atoms with van der Waals surface area (Å²) in [5.74, 6) is 4.26. The first-order chi connectivity index (χ1) is 10.4. The van der Waals surface area contributed by atoms with E-state index in [9.17, 15) is 0 Å². The van der Waals surface area contributed by atoms with Crippen LogP contribution in [-0.4, -0.2) is 50.1 Å². The van der Waals surface area contributed by atoms with E-state index in [0.717, 1.165) is 55.5 Å². The molecule has 0 bridgehead atoms. The molecule has 0 saturated carbocycles. The van der Waals surface area contributed by atoms with Crippen molar-refractivity contribution in [1.82, 2.24) is 0 Å². The van der Waals surface area contributed by atoms with Gasteiger partial charge < -0.3 is 18.9 Å². The topological polar surface area (TPSA) is 36.9 Å². The van der Waals surface area contributed by atoms with Crippen molar-refractivity contribution in [3.8, 4) is 0 Å². The van der Waals surface area contributed by atoms with Crippen LogP contribution in [0, 0.1) is 0 Å². The van der Waals surface area contributed by atoms with Gasteiger partial charge in [-0.2, -0.15) is 0 Å². The van der Waals surface area contributed by atoms with Crippen molar-refractivity contribution in [2.75, 3.05) is 37.9 Å². The van der Waals surface area contributed by atoms with Crippen molar-refractivity contribution < 1.29 is 18.9 Å². The van der Waals surface area contributed by atoms with Crippen molar-refractivity contribution in [2.45, 2.75) is 31.5 Å². The fourth-order valence-corrected chi connectivity index (χ4v) is 5.53. The Hall–Kier alpha value is -0.300. The second kappa shape index (κ2) is 6.44. The summed E-state index contributed by atoms with van der Waals surface area (Å²) in [6.07, 6.45) is 3.73. The lowest BCUT2D eigenvalue weighted by atomic mass is 10.1. The van der Waals surface area contributed by atoms with E-state index in [4.69, 9.17) is 18.9 Å². The van der Waals surface area contributed by atoms with Gasteiger partial charge in [0, 0.05) is 21.3 Å². The quantitative estimate of drug-likeness (QED) is 0.790. The van der Waals surface area contributed by atoms with E-state index in [-0.39, 0.29) is 12.2 Å². The molecule has 4 heterocycles. The third-order valence-corrected chi connectivity index (χ3v) is 6.53. The van der Waals surface area contributed by atoms with Gasteiger partial charge in [0.15, 0.2) is 0 Å². The minimum Gasteiger partial charge on any atom is -0.492 e. The standard InChI is InChI=1S/C15H20O4S2/c1(2-12-14-10(8-20-12)16-4-6-18-14)3-13-15-11(9-21-13)17-5-7-19-15/h10-11H,1-9H2. The average molecular weight is 328 g/mol. The van der Waals surface area contributed by atoms with Crippen LogP contribution in [0.2, 0.25) is 0 Å². The molecule has 4 aliphatic heterocycles. The van der Waals surface area contributed by atoms with E-state index in [2.05, 4.69) is 0 Å². The molecule has 0 N–H and O–H groups in total. The molecule has 4 nitrogen and oxygen atoms in total. The van der Waals surface area contributed by atoms with Gasteiger partial charge in [-0.25, -0.2) is 0 Å². The first-order valence-corrected chi connectivity index (χ1v) is 9.59. The molecular formula is C15H20O4S2. The summed E-state index contributed by atoms with van der Waals surface area (Å²) in [6, 6.07) is 0. The Balaban J connectivity index is 1.34. The van der Waals surface area contributed by atoms with Crippen LogP contribution in [0.25, 0.3) is 0 Å². The Morgan fingerprint density at radius 1 is 0.762 bits per heavy atom.